The number of ether oxygens (including phenoxy) is 6. The van der Waals surface area contributed by atoms with E-state index in [4.69, 9.17) is 28.4 Å². The van der Waals surface area contributed by atoms with Crippen LogP contribution in [0.2, 0.25) is 0 Å². The van der Waals surface area contributed by atoms with Gasteiger partial charge in [-0.15, -0.1) is 0 Å². The number of allylic oxidation sites excluding steroid dienone is 20. The smallest absolute Gasteiger partial charge is 0.220 e. The number of carbonyl (C=O) groups is 1. The average molecular weight is 1310 g/mol. The van der Waals surface area contributed by atoms with E-state index in [-0.39, 0.29) is 18.9 Å². The highest BCUT2D eigenvalue weighted by molar-refractivity contribution is 5.76. The Morgan fingerprint density at radius 3 is 1.16 bits per heavy atom. The first-order valence-electron chi connectivity index (χ1n) is 35.3. The predicted molar refractivity (Wildman–Crippen MR) is 364 cm³/mol. The van der Waals surface area contributed by atoms with Crippen LogP contribution in [0.4, 0.5) is 0 Å². The Kier molecular flexibility index (Phi) is 48.6. The van der Waals surface area contributed by atoms with Crippen LogP contribution in [-0.2, 0) is 33.2 Å². The summed E-state index contributed by atoms with van der Waals surface area (Å²) in [6.45, 7) is 1.63. The molecule has 19 nitrogen and oxygen atoms in total. The summed E-state index contributed by atoms with van der Waals surface area (Å²) in [6, 6.07) is -0.910. The molecule has 19 heteroatoms. The predicted octanol–water partition coefficient (Wildman–Crippen LogP) is 9.60. The second-order valence-corrected chi connectivity index (χ2v) is 24.6. The van der Waals surface area contributed by atoms with Crippen molar-refractivity contribution < 1.29 is 89.4 Å². The zero-order valence-electron chi connectivity index (χ0n) is 56.2. The Morgan fingerprint density at radius 1 is 0.398 bits per heavy atom. The third kappa shape index (κ3) is 35.8. The summed E-state index contributed by atoms with van der Waals surface area (Å²) in [5.74, 6) is -0.273. The van der Waals surface area contributed by atoms with Crippen LogP contribution in [0.5, 0.6) is 0 Å². The maximum Gasteiger partial charge on any atom is 0.220 e. The molecular weight excluding hydrogens is 1190 g/mol. The molecule has 93 heavy (non-hydrogen) atoms. The molecule has 0 spiro atoms. The van der Waals surface area contributed by atoms with Gasteiger partial charge in [0.25, 0.3) is 0 Å². The van der Waals surface area contributed by atoms with Gasteiger partial charge < -0.3 is 89.9 Å². The molecule has 3 heterocycles. The van der Waals surface area contributed by atoms with Crippen LogP contribution in [0.1, 0.15) is 206 Å². The minimum absolute atomic E-state index is 0.228. The Balaban J connectivity index is 1.39. The lowest BCUT2D eigenvalue weighted by Crippen LogP contribution is -2.66. The molecule has 0 saturated carbocycles. The highest BCUT2D eigenvalue weighted by atomic mass is 16.8. The number of hydrogen-bond donors (Lipinski definition) is 12. The third-order valence-corrected chi connectivity index (χ3v) is 16.8. The van der Waals surface area contributed by atoms with Gasteiger partial charge >= 0.3 is 0 Å². The van der Waals surface area contributed by atoms with E-state index in [0.29, 0.717) is 19.3 Å². The average Bonchev–Trinajstić information content (AvgIpc) is 0.842. The van der Waals surface area contributed by atoms with Crippen LogP contribution in [0.25, 0.3) is 0 Å². The summed E-state index contributed by atoms with van der Waals surface area (Å²) in [7, 11) is 0. The van der Waals surface area contributed by atoms with Gasteiger partial charge in [-0.3, -0.25) is 4.79 Å². The topological polar surface area (TPSA) is 307 Å². The van der Waals surface area contributed by atoms with Crippen molar-refractivity contribution in [2.75, 3.05) is 26.4 Å². The SMILES string of the molecule is CC/C=C\C/C=C\C/C=C\C/C=C\C/C=C\C/C=C\C/C=C\C/C=C\C/C=C\C/C=C\CCCCCCC(=O)NC(COC1OC(CO)C(OC2OC(CO)C(OC3OC(CO)C(O)C(O)C3O)C(O)C2O)C(O)C1O)C(O)CCCCCCCCCCCCCCC. The number of nitrogens with one attached hydrogen (secondary N) is 1. The minimum atomic E-state index is -1.98. The number of carbonyl (C=O) groups excluding carboxylic acids is 1. The minimum Gasteiger partial charge on any atom is -0.394 e. The monoisotopic (exact) mass is 1310 g/mol. The van der Waals surface area contributed by atoms with Crippen molar-refractivity contribution in [3.8, 4) is 0 Å². The van der Waals surface area contributed by atoms with E-state index in [0.717, 1.165) is 109 Å². The molecule has 3 aliphatic heterocycles. The quantitative estimate of drug-likeness (QED) is 0.0199. The van der Waals surface area contributed by atoms with Crippen molar-refractivity contribution in [3.05, 3.63) is 122 Å². The molecule has 0 radical (unpaired) electrons. The molecule has 17 atom stereocenters. The summed E-state index contributed by atoms with van der Waals surface area (Å²) in [5.41, 5.74) is 0. The Labute approximate surface area is 557 Å². The lowest BCUT2D eigenvalue weighted by molar-refractivity contribution is -0.379. The van der Waals surface area contributed by atoms with Gasteiger partial charge in [0.1, 0.15) is 73.2 Å². The van der Waals surface area contributed by atoms with Gasteiger partial charge in [-0.1, -0.05) is 232 Å². The zero-order valence-corrected chi connectivity index (χ0v) is 56.2. The highest BCUT2D eigenvalue weighted by Gasteiger charge is 2.53. The van der Waals surface area contributed by atoms with Crippen LogP contribution in [-0.4, -0.2) is 193 Å². The van der Waals surface area contributed by atoms with Crippen LogP contribution in [0.15, 0.2) is 122 Å². The molecule has 0 aliphatic carbocycles. The van der Waals surface area contributed by atoms with Gasteiger partial charge in [-0.05, 0) is 89.9 Å². The molecule has 12 N–H and O–H groups in total. The van der Waals surface area contributed by atoms with E-state index in [1.807, 2.05) is 0 Å². The van der Waals surface area contributed by atoms with Crippen molar-refractivity contribution in [2.24, 2.45) is 0 Å². The van der Waals surface area contributed by atoms with Crippen molar-refractivity contribution >= 4 is 5.91 Å². The van der Waals surface area contributed by atoms with Crippen LogP contribution in [0.3, 0.4) is 0 Å². The lowest BCUT2D eigenvalue weighted by Gasteiger charge is -2.48. The number of unbranched alkanes of at least 4 members (excludes halogenated alkanes) is 16. The molecule has 0 aromatic heterocycles. The first kappa shape index (κ1) is 83.4. The standard InChI is InChI=1S/C74H123NO18/c1-3-5-7-9-11-13-15-17-18-19-20-21-22-23-24-25-26-27-28-29-30-31-32-33-34-35-36-37-38-40-42-44-46-48-50-52-62(80)75-57(58(79)51-49-47-45-43-41-39-16-14-12-10-8-6-4-2)56-88-72-68(86)65(83)70(60(54-77)90-72)93-74-69(87)66(84)71(61(55-78)91-74)92-73-67(85)64(82)63(81)59(53-76)89-73/h5,7,11,13,17-18,20-21,23-24,26-27,29-30,32-33,35-36,38,40,57-61,63-74,76-79,81-87H,3-4,6,8-10,12,14-16,19,22,25,28,31,34,37,39,41-56H2,1-2H3,(H,75,80)/b7-5-,13-11-,18-17-,21-20-,24-23-,27-26-,30-29-,33-32-,36-35-,40-38-. The summed E-state index contributed by atoms with van der Waals surface area (Å²) < 4.78 is 34.3. The number of rotatable bonds is 52. The summed E-state index contributed by atoms with van der Waals surface area (Å²) in [5, 5.41) is 121. The van der Waals surface area contributed by atoms with Crippen LogP contribution in [0, 0.1) is 0 Å². The van der Waals surface area contributed by atoms with Crippen molar-refractivity contribution in [1.29, 1.82) is 0 Å². The zero-order chi connectivity index (χ0) is 67.5. The molecule has 1 amide bonds. The van der Waals surface area contributed by atoms with E-state index in [1.54, 1.807) is 0 Å². The molecule has 0 bridgehead atoms. The van der Waals surface area contributed by atoms with Crippen LogP contribution < -0.4 is 5.32 Å². The number of amides is 1. The number of hydrogen-bond acceptors (Lipinski definition) is 18. The third-order valence-electron chi connectivity index (χ3n) is 16.8. The fourth-order valence-electron chi connectivity index (χ4n) is 11.1. The Bertz CT molecular complexity index is 2160. The molecule has 3 fully saturated rings. The van der Waals surface area contributed by atoms with Crippen molar-refractivity contribution in [1.82, 2.24) is 5.32 Å². The molecule has 3 saturated heterocycles. The summed E-state index contributed by atoms with van der Waals surface area (Å²) in [6.07, 6.45) is 47.1. The maximum atomic E-state index is 13.4. The number of aliphatic hydroxyl groups is 11. The van der Waals surface area contributed by atoms with Gasteiger partial charge in [-0.25, -0.2) is 0 Å². The van der Waals surface area contributed by atoms with E-state index in [2.05, 4.69) is 141 Å². The van der Waals surface area contributed by atoms with E-state index in [1.165, 1.54) is 57.8 Å². The van der Waals surface area contributed by atoms with Gasteiger partial charge in [0, 0.05) is 6.42 Å². The Morgan fingerprint density at radius 2 is 0.742 bits per heavy atom. The fraction of sp³-hybridized carbons (Fsp3) is 0.716. The van der Waals surface area contributed by atoms with E-state index >= 15 is 0 Å². The van der Waals surface area contributed by atoms with E-state index < -0.39 is 124 Å². The highest BCUT2D eigenvalue weighted by Crippen LogP contribution is 2.33. The molecule has 532 valence electrons. The molecule has 0 aromatic rings. The van der Waals surface area contributed by atoms with Gasteiger partial charge in [0.05, 0.1) is 38.6 Å². The first-order valence-corrected chi connectivity index (χ1v) is 35.3. The molecule has 3 aliphatic rings. The normalized spacial score (nSPS) is 28.3. The molecule has 3 rings (SSSR count). The van der Waals surface area contributed by atoms with E-state index in [9.17, 15) is 61.0 Å². The fourth-order valence-corrected chi connectivity index (χ4v) is 11.1. The van der Waals surface area contributed by atoms with Gasteiger partial charge in [0.2, 0.25) is 5.91 Å². The van der Waals surface area contributed by atoms with Crippen molar-refractivity contribution in [2.45, 2.75) is 311 Å². The van der Waals surface area contributed by atoms with Gasteiger partial charge in [0.15, 0.2) is 18.9 Å². The number of aliphatic hydroxyl groups excluding tert-OH is 11. The Hall–Kier alpha value is -3.81. The first-order chi connectivity index (χ1) is 45.3. The summed E-state index contributed by atoms with van der Waals surface area (Å²) in [4.78, 5) is 13.4. The largest absolute Gasteiger partial charge is 0.394 e. The molecule has 0 aromatic carbocycles. The summed E-state index contributed by atoms with van der Waals surface area (Å²) >= 11 is 0. The second kappa shape index (κ2) is 54.2. The maximum absolute atomic E-state index is 13.4. The molecule has 17 unspecified atom stereocenters. The molecular formula is C74H123NO18. The van der Waals surface area contributed by atoms with Crippen LogP contribution >= 0.6 is 0 Å². The van der Waals surface area contributed by atoms with Gasteiger partial charge in [-0.2, -0.15) is 0 Å². The lowest BCUT2D eigenvalue weighted by atomic mass is 9.96. The van der Waals surface area contributed by atoms with Crippen molar-refractivity contribution in [3.63, 3.8) is 0 Å². The second-order valence-electron chi connectivity index (χ2n) is 24.6.